The zero-order chi connectivity index (χ0) is 8.36. The van der Waals surface area contributed by atoms with Crippen molar-refractivity contribution in [1.82, 2.24) is 0 Å². The van der Waals surface area contributed by atoms with Crippen molar-refractivity contribution in [2.75, 3.05) is 0 Å². The van der Waals surface area contributed by atoms with Gasteiger partial charge in [0, 0.05) is 6.42 Å². The Morgan fingerprint density at radius 2 is 1.90 bits per heavy atom. The van der Waals surface area contributed by atoms with Crippen LogP contribution in [0.15, 0.2) is 0 Å². The van der Waals surface area contributed by atoms with Gasteiger partial charge in [-0.2, -0.15) is 0 Å². The van der Waals surface area contributed by atoms with Crippen LogP contribution in [0.2, 0.25) is 0 Å². The number of alkyl halides is 4. The Morgan fingerprint density at radius 1 is 1.50 bits per heavy atom. The first-order chi connectivity index (χ1) is 4.33. The van der Waals surface area contributed by atoms with E-state index in [1.54, 1.807) is 0 Å². The predicted octanol–water partition coefficient (Wildman–Crippen LogP) is 3.28. The second-order valence-corrected chi connectivity index (χ2v) is 5.58. The Hall–Kier alpha value is 1.31. The normalized spacial score (nSPS) is 14.9. The summed E-state index contributed by atoms with van der Waals surface area (Å²) < 4.78 is -1.43. The quantitative estimate of drug-likeness (QED) is 0.563. The van der Waals surface area contributed by atoms with Crippen LogP contribution in [-0.4, -0.2) is 13.9 Å². The summed E-state index contributed by atoms with van der Waals surface area (Å²) in [7, 11) is 0. The highest BCUT2D eigenvalue weighted by atomic mass is 79.9. The van der Waals surface area contributed by atoms with E-state index in [9.17, 15) is 4.79 Å². The van der Waals surface area contributed by atoms with Gasteiger partial charge in [-0.3, -0.25) is 4.79 Å². The SMILES string of the molecule is O=C(Cl)C(Br)CC(Cl)(Cl)Cl. The Bertz CT molecular complexity index is 132. The molecule has 0 fully saturated rings. The molecule has 0 aromatic carbocycles. The summed E-state index contributed by atoms with van der Waals surface area (Å²) in [5.74, 6) is 0. The van der Waals surface area contributed by atoms with Crippen molar-refractivity contribution in [3.63, 3.8) is 0 Å². The van der Waals surface area contributed by atoms with Gasteiger partial charge in [-0.25, -0.2) is 0 Å². The lowest BCUT2D eigenvalue weighted by Gasteiger charge is -2.11. The lowest BCUT2D eigenvalue weighted by molar-refractivity contribution is -0.111. The minimum absolute atomic E-state index is 0.0694. The van der Waals surface area contributed by atoms with E-state index in [-0.39, 0.29) is 6.42 Å². The molecule has 0 aromatic rings. The Balaban J connectivity index is 3.80. The lowest BCUT2D eigenvalue weighted by Crippen LogP contribution is -2.16. The van der Waals surface area contributed by atoms with Crippen LogP contribution in [0.1, 0.15) is 6.42 Å². The highest BCUT2D eigenvalue weighted by Crippen LogP contribution is 2.33. The molecule has 0 spiro atoms. The van der Waals surface area contributed by atoms with Gasteiger partial charge in [0.25, 0.3) is 0 Å². The number of hydrogen-bond acceptors (Lipinski definition) is 1. The van der Waals surface area contributed by atoms with E-state index >= 15 is 0 Å². The molecular formula is C4H3BrCl4O. The average Bonchev–Trinajstić information content (AvgIpc) is 1.60. The fourth-order valence-electron chi connectivity index (χ4n) is 0.283. The molecule has 0 N–H and O–H groups in total. The topological polar surface area (TPSA) is 17.1 Å². The molecular weight excluding hydrogens is 286 g/mol. The summed E-state index contributed by atoms with van der Waals surface area (Å²) in [5.41, 5.74) is 0. The third-order valence-corrected chi connectivity index (χ3v) is 2.39. The fourth-order valence-corrected chi connectivity index (χ4v) is 1.87. The van der Waals surface area contributed by atoms with Crippen molar-refractivity contribution >= 4 is 67.6 Å². The van der Waals surface area contributed by atoms with Crippen LogP contribution in [0.25, 0.3) is 0 Å². The molecule has 0 aromatic heterocycles. The Labute approximate surface area is 87.1 Å². The van der Waals surface area contributed by atoms with E-state index in [2.05, 4.69) is 15.9 Å². The number of rotatable bonds is 2. The molecule has 10 heavy (non-hydrogen) atoms. The van der Waals surface area contributed by atoms with Crippen molar-refractivity contribution < 1.29 is 4.79 Å². The molecule has 0 saturated carbocycles. The first kappa shape index (κ1) is 11.3. The lowest BCUT2D eigenvalue weighted by atomic mass is 10.4. The van der Waals surface area contributed by atoms with Crippen molar-refractivity contribution in [2.45, 2.75) is 15.0 Å². The molecule has 60 valence electrons. The maximum atomic E-state index is 10.4. The second kappa shape index (κ2) is 4.36. The third-order valence-electron chi connectivity index (χ3n) is 0.657. The van der Waals surface area contributed by atoms with Gasteiger partial charge >= 0.3 is 0 Å². The summed E-state index contributed by atoms with van der Waals surface area (Å²) in [6.45, 7) is 0. The third kappa shape index (κ3) is 6.05. The van der Waals surface area contributed by atoms with Crippen LogP contribution in [0.4, 0.5) is 0 Å². The highest BCUT2D eigenvalue weighted by molar-refractivity contribution is 9.10. The molecule has 0 amide bonds. The summed E-state index contributed by atoms with van der Waals surface area (Å²) in [4.78, 5) is 9.77. The van der Waals surface area contributed by atoms with Gasteiger partial charge in [0.05, 0.1) is 4.83 Å². The molecule has 1 nitrogen and oxygen atoms in total. The van der Waals surface area contributed by atoms with Crippen molar-refractivity contribution in [1.29, 1.82) is 0 Å². The van der Waals surface area contributed by atoms with E-state index in [4.69, 9.17) is 46.4 Å². The minimum Gasteiger partial charge on any atom is -0.280 e. The van der Waals surface area contributed by atoms with Crippen LogP contribution < -0.4 is 0 Å². The van der Waals surface area contributed by atoms with Gasteiger partial charge in [0.15, 0.2) is 3.79 Å². The van der Waals surface area contributed by atoms with Crippen LogP contribution in [0.3, 0.4) is 0 Å². The summed E-state index contributed by atoms with van der Waals surface area (Å²) >= 11 is 24.1. The van der Waals surface area contributed by atoms with Gasteiger partial charge in [0.2, 0.25) is 5.24 Å². The maximum Gasteiger partial charge on any atom is 0.235 e. The first-order valence-electron chi connectivity index (χ1n) is 2.23. The molecule has 0 aliphatic heterocycles. The zero-order valence-electron chi connectivity index (χ0n) is 4.58. The van der Waals surface area contributed by atoms with Crippen molar-refractivity contribution in [2.24, 2.45) is 0 Å². The molecule has 0 saturated heterocycles. The molecule has 6 heteroatoms. The predicted molar refractivity (Wildman–Crippen MR) is 48.5 cm³/mol. The smallest absolute Gasteiger partial charge is 0.235 e. The Morgan fingerprint density at radius 3 is 2.00 bits per heavy atom. The van der Waals surface area contributed by atoms with E-state index in [0.717, 1.165) is 0 Å². The average molecular weight is 289 g/mol. The number of carbonyl (C=O) groups is 1. The van der Waals surface area contributed by atoms with E-state index in [1.165, 1.54) is 0 Å². The first-order valence-corrected chi connectivity index (χ1v) is 4.66. The maximum absolute atomic E-state index is 10.4. The molecule has 0 rings (SSSR count). The molecule has 0 heterocycles. The van der Waals surface area contributed by atoms with Gasteiger partial charge in [-0.05, 0) is 11.6 Å². The molecule has 0 radical (unpaired) electrons. The molecule has 0 aliphatic carbocycles. The zero-order valence-corrected chi connectivity index (χ0v) is 9.19. The second-order valence-electron chi connectivity index (χ2n) is 1.59. The monoisotopic (exact) mass is 286 g/mol. The van der Waals surface area contributed by atoms with E-state index < -0.39 is 13.9 Å². The molecule has 0 aliphatic rings. The van der Waals surface area contributed by atoms with Crippen LogP contribution in [0.5, 0.6) is 0 Å². The Kier molecular flexibility index (Phi) is 4.94. The standard InChI is InChI=1S/C4H3BrCl4O/c5-2(3(6)10)1-4(7,8)9/h2H,1H2. The van der Waals surface area contributed by atoms with E-state index in [0.29, 0.717) is 0 Å². The molecule has 1 unspecified atom stereocenters. The van der Waals surface area contributed by atoms with Crippen LogP contribution >= 0.6 is 62.3 Å². The van der Waals surface area contributed by atoms with E-state index in [1.807, 2.05) is 0 Å². The van der Waals surface area contributed by atoms with Crippen molar-refractivity contribution in [3.8, 4) is 0 Å². The van der Waals surface area contributed by atoms with Crippen LogP contribution in [-0.2, 0) is 4.79 Å². The van der Waals surface area contributed by atoms with Gasteiger partial charge in [-0.1, -0.05) is 50.7 Å². The molecule has 1 atom stereocenters. The highest BCUT2D eigenvalue weighted by Gasteiger charge is 2.27. The van der Waals surface area contributed by atoms with Crippen LogP contribution in [0, 0.1) is 0 Å². The van der Waals surface area contributed by atoms with Gasteiger partial charge in [0.1, 0.15) is 0 Å². The van der Waals surface area contributed by atoms with Gasteiger partial charge < -0.3 is 0 Å². The minimum atomic E-state index is -1.43. The van der Waals surface area contributed by atoms with Crippen molar-refractivity contribution in [3.05, 3.63) is 0 Å². The summed E-state index contributed by atoms with van der Waals surface area (Å²) in [5, 5.41) is -0.564. The number of carbonyl (C=O) groups excluding carboxylic acids is 1. The number of halogens is 5. The van der Waals surface area contributed by atoms with Gasteiger partial charge in [-0.15, -0.1) is 0 Å². The number of hydrogen-bond donors (Lipinski definition) is 0. The fraction of sp³-hybridized carbons (Fsp3) is 0.750. The molecule has 0 bridgehead atoms. The summed E-state index contributed by atoms with van der Waals surface area (Å²) in [6.07, 6.45) is 0.0694. The summed E-state index contributed by atoms with van der Waals surface area (Å²) in [6, 6.07) is 0. The largest absolute Gasteiger partial charge is 0.280 e.